The molecule has 0 amide bonds. The summed E-state index contributed by atoms with van der Waals surface area (Å²) in [5.41, 5.74) is 5.49. The van der Waals surface area contributed by atoms with Crippen molar-refractivity contribution in [3.8, 4) is 0 Å². The van der Waals surface area contributed by atoms with Crippen molar-refractivity contribution in [1.82, 2.24) is 0 Å². The normalized spacial score (nSPS) is 22.2. The van der Waals surface area contributed by atoms with Crippen molar-refractivity contribution < 1.29 is 4.74 Å². The molecule has 0 aromatic rings. The fourth-order valence-electron chi connectivity index (χ4n) is 1.10. The highest BCUT2D eigenvalue weighted by atomic mass is 16.5. The van der Waals surface area contributed by atoms with Gasteiger partial charge in [-0.25, -0.2) is 0 Å². The second-order valence-corrected chi connectivity index (χ2v) is 2.95. The molecule has 10 heavy (non-hydrogen) atoms. The summed E-state index contributed by atoms with van der Waals surface area (Å²) in [7, 11) is 0. The molecular weight excluding hydrogens is 126 g/mol. The van der Waals surface area contributed by atoms with Crippen molar-refractivity contribution in [3.63, 3.8) is 0 Å². The van der Waals surface area contributed by atoms with Gasteiger partial charge in [-0.15, -0.1) is 0 Å². The van der Waals surface area contributed by atoms with Gasteiger partial charge in [0, 0.05) is 6.54 Å². The van der Waals surface area contributed by atoms with E-state index < -0.39 is 0 Å². The minimum Gasteiger partial charge on any atom is -0.374 e. The minimum atomic E-state index is 0.310. The second kappa shape index (κ2) is 3.94. The molecule has 2 heteroatoms. The third-order valence-corrected chi connectivity index (χ3v) is 2.16. The summed E-state index contributed by atoms with van der Waals surface area (Å²) in [6, 6.07) is 0. The Bertz CT molecular complexity index is 87.3. The van der Waals surface area contributed by atoms with Crippen LogP contribution >= 0.6 is 0 Å². The summed E-state index contributed by atoms with van der Waals surface area (Å²) in [5.74, 6) is 0. The van der Waals surface area contributed by atoms with Crippen LogP contribution in [0.15, 0.2) is 0 Å². The highest BCUT2D eigenvalue weighted by molar-refractivity contribution is 4.71. The molecule has 2 N–H and O–H groups in total. The SMILES string of the molecule is CCC(CN)OC1CCC1. The molecule has 2 nitrogen and oxygen atoms in total. The van der Waals surface area contributed by atoms with Gasteiger partial charge in [-0.2, -0.15) is 0 Å². The Kier molecular flexibility index (Phi) is 3.16. The van der Waals surface area contributed by atoms with E-state index in [1.807, 2.05) is 0 Å². The van der Waals surface area contributed by atoms with Crippen LogP contribution in [0.3, 0.4) is 0 Å². The molecule has 1 aliphatic rings. The first kappa shape index (κ1) is 8.02. The molecule has 1 rings (SSSR count). The smallest absolute Gasteiger partial charge is 0.0698 e. The van der Waals surface area contributed by atoms with Crippen molar-refractivity contribution >= 4 is 0 Å². The molecule has 1 saturated carbocycles. The molecule has 0 saturated heterocycles. The van der Waals surface area contributed by atoms with E-state index in [2.05, 4.69) is 6.92 Å². The van der Waals surface area contributed by atoms with E-state index in [1.54, 1.807) is 0 Å². The van der Waals surface area contributed by atoms with Gasteiger partial charge < -0.3 is 10.5 Å². The largest absolute Gasteiger partial charge is 0.374 e. The zero-order chi connectivity index (χ0) is 7.40. The van der Waals surface area contributed by atoms with Crippen LogP contribution in [0, 0.1) is 0 Å². The van der Waals surface area contributed by atoms with Gasteiger partial charge in [0.1, 0.15) is 0 Å². The third-order valence-electron chi connectivity index (χ3n) is 2.16. The summed E-state index contributed by atoms with van der Waals surface area (Å²) >= 11 is 0. The standard InChI is InChI=1S/C8H17NO/c1-2-7(6-9)10-8-4-3-5-8/h7-8H,2-6,9H2,1H3. The summed E-state index contributed by atoms with van der Waals surface area (Å²) in [4.78, 5) is 0. The van der Waals surface area contributed by atoms with Crippen LogP contribution in [-0.2, 0) is 4.74 Å². The van der Waals surface area contributed by atoms with Gasteiger partial charge >= 0.3 is 0 Å². The summed E-state index contributed by atoms with van der Waals surface area (Å²) < 4.78 is 5.66. The number of ether oxygens (including phenoxy) is 1. The monoisotopic (exact) mass is 143 g/mol. The molecule has 0 spiro atoms. The molecule has 1 aliphatic carbocycles. The molecule has 0 aliphatic heterocycles. The van der Waals surface area contributed by atoms with Crippen LogP contribution in [0.1, 0.15) is 32.6 Å². The van der Waals surface area contributed by atoms with Gasteiger partial charge in [0.2, 0.25) is 0 Å². The Balaban J connectivity index is 2.08. The lowest BCUT2D eigenvalue weighted by Gasteiger charge is -2.29. The van der Waals surface area contributed by atoms with E-state index in [1.165, 1.54) is 19.3 Å². The maximum atomic E-state index is 5.66. The molecule has 0 bridgehead atoms. The van der Waals surface area contributed by atoms with Gasteiger partial charge in [0.25, 0.3) is 0 Å². The van der Waals surface area contributed by atoms with Crippen LogP contribution in [0.25, 0.3) is 0 Å². The van der Waals surface area contributed by atoms with Gasteiger partial charge in [-0.05, 0) is 25.7 Å². The predicted molar refractivity (Wildman–Crippen MR) is 41.9 cm³/mol. The van der Waals surface area contributed by atoms with Crippen molar-refractivity contribution in [2.45, 2.75) is 44.8 Å². The predicted octanol–water partition coefficient (Wildman–Crippen LogP) is 1.29. The van der Waals surface area contributed by atoms with Crippen molar-refractivity contribution in [2.75, 3.05) is 6.54 Å². The molecule has 1 unspecified atom stereocenters. The van der Waals surface area contributed by atoms with Crippen LogP contribution in [0.5, 0.6) is 0 Å². The molecule has 0 heterocycles. The van der Waals surface area contributed by atoms with Crippen molar-refractivity contribution in [3.05, 3.63) is 0 Å². The van der Waals surface area contributed by atoms with E-state index in [0.29, 0.717) is 18.8 Å². The van der Waals surface area contributed by atoms with Crippen LogP contribution < -0.4 is 5.73 Å². The summed E-state index contributed by atoms with van der Waals surface area (Å²) in [6.45, 7) is 2.79. The maximum Gasteiger partial charge on any atom is 0.0698 e. The highest BCUT2D eigenvalue weighted by Gasteiger charge is 2.20. The van der Waals surface area contributed by atoms with Gasteiger partial charge in [-0.3, -0.25) is 0 Å². The van der Waals surface area contributed by atoms with Gasteiger partial charge in [0.05, 0.1) is 12.2 Å². The van der Waals surface area contributed by atoms with Crippen LogP contribution in [-0.4, -0.2) is 18.8 Å². The zero-order valence-electron chi connectivity index (χ0n) is 6.68. The number of hydrogen-bond donors (Lipinski definition) is 1. The molecule has 60 valence electrons. The molecule has 1 fully saturated rings. The molecule has 0 aromatic heterocycles. The minimum absolute atomic E-state index is 0.310. The average Bonchev–Trinajstić information content (AvgIpc) is 1.87. The Morgan fingerprint density at radius 1 is 1.60 bits per heavy atom. The third kappa shape index (κ3) is 1.96. The molecule has 0 radical (unpaired) electrons. The Hall–Kier alpha value is -0.0800. The lowest BCUT2D eigenvalue weighted by Crippen LogP contribution is -2.32. The number of rotatable bonds is 4. The lowest BCUT2D eigenvalue weighted by atomic mass is 9.96. The molecular formula is C8H17NO. The molecule has 0 aromatic carbocycles. The first-order valence-corrected chi connectivity index (χ1v) is 4.22. The quantitative estimate of drug-likeness (QED) is 0.643. The van der Waals surface area contributed by atoms with E-state index in [4.69, 9.17) is 10.5 Å². The zero-order valence-corrected chi connectivity index (χ0v) is 6.68. The van der Waals surface area contributed by atoms with Crippen molar-refractivity contribution in [1.29, 1.82) is 0 Å². The number of hydrogen-bond acceptors (Lipinski definition) is 2. The maximum absolute atomic E-state index is 5.66. The average molecular weight is 143 g/mol. The second-order valence-electron chi connectivity index (χ2n) is 2.95. The summed E-state index contributed by atoms with van der Waals surface area (Å²) in [6.07, 6.45) is 5.73. The van der Waals surface area contributed by atoms with Crippen LogP contribution in [0.4, 0.5) is 0 Å². The molecule has 1 atom stereocenters. The van der Waals surface area contributed by atoms with Gasteiger partial charge in [0.15, 0.2) is 0 Å². The van der Waals surface area contributed by atoms with Crippen molar-refractivity contribution in [2.24, 2.45) is 5.73 Å². The fraction of sp³-hybridized carbons (Fsp3) is 1.00. The lowest BCUT2D eigenvalue weighted by molar-refractivity contribution is -0.0480. The van der Waals surface area contributed by atoms with E-state index >= 15 is 0 Å². The van der Waals surface area contributed by atoms with E-state index in [0.717, 1.165) is 6.42 Å². The Morgan fingerprint density at radius 3 is 2.60 bits per heavy atom. The first-order valence-electron chi connectivity index (χ1n) is 4.22. The Labute approximate surface area is 62.7 Å². The first-order chi connectivity index (χ1) is 4.86. The van der Waals surface area contributed by atoms with Gasteiger partial charge in [-0.1, -0.05) is 6.92 Å². The van der Waals surface area contributed by atoms with E-state index in [9.17, 15) is 0 Å². The fourth-order valence-corrected chi connectivity index (χ4v) is 1.10. The highest BCUT2D eigenvalue weighted by Crippen LogP contribution is 2.23. The summed E-state index contributed by atoms with van der Waals surface area (Å²) in [5, 5.41) is 0. The van der Waals surface area contributed by atoms with Crippen LogP contribution in [0.2, 0.25) is 0 Å². The topological polar surface area (TPSA) is 35.2 Å². The Morgan fingerprint density at radius 2 is 2.30 bits per heavy atom. The van der Waals surface area contributed by atoms with E-state index in [-0.39, 0.29) is 0 Å². The number of nitrogens with two attached hydrogens (primary N) is 1.